The molecule has 3 heteroatoms. The van der Waals surface area contributed by atoms with Crippen LogP contribution in [0.1, 0.15) is 47.9 Å². The monoisotopic (exact) mass is 339 g/mol. The van der Waals surface area contributed by atoms with Crippen LogP contribution in [-0.2, 0) is 0 Å². The molecule has 4 bridgehead atoms. The maximum atomic E-state index is 6.71. The average molecular weight is 340 g/mol. The SMILES string of the molecule is Cc1cc(Br)c(C(N)C2C3CC4CC(C3)CC2C4)s1. The fourth-order valence-electron chi connectivity index (χ4n) is 5.46. The number of hydrogen-bond donors (Lipinski definition) is 1. The van der Waals surface area contributed by atoms with Gasteiger partial charge in [0.15, 0.2) is 0 Å². The van der Waals surface area contributed by atoms with Crippen LogP contribution in [0.4, 0.5) is 0 Å². The van der Waals surface area contributed by atoms with Gasteiger partial charge in [-0.2, -0.15) is 0 Å². The Morgan fingerprint density at radius 3 is 2.21 bits per heavy atom. The summed E-state index contributed by atoms with van der Waals surface area (Å²) < 4.78 is 1.25. The molecule has 0 spiro atoms. The lowest BCUT2D eigenvalue weighted by atomic mass is 9.50. The summed E-state index contributed by atoms with van der Waals surface area (Å²) in [5.74, 6) is 4.67. The summed E-state index contributed by atoms with van der Waals surface area (Å²) in [5, 5.41) is 0. The van der Waals surface area contributed by atoms with Gasteiger partial charge in [0.25, 0.3) is 0 Å². The van der Waals surface area contributed by atoms with Crippen molar-refractivity contribution in [1.29, 1.82) is 0 Å². The lowest BCUT2D eigenvalue weighted by Gasteiger charge is -2.56. The van der Waals surface area contributed by atoms with E-state index in [0.717, 1.165) is 29.6 Å². The van der Waals surface area contributed by atoms with Crippen molar-refractivity contribution < 1.29 is 0 Å². The molecular formula is C16H22BrNS. The highest BCUT2D eigenvalue weighted by atomic mass is 79.9. The van der Waals surface area contributed by atoms with Gasteiger partial charge in [-0.05, 0) is 90.6 Å². The second kappa shape index (κ2) is 4.57. The number of nitrogens with two attached hydrogens (primary N) is 1. The van der Waals surface area contributed by atoms with Crippen LogP contribution >= 0.6 is 27.3 Å². The van der Waals surface area contributed by atoms with Gasteiger partial charge < -0.3 is 5.73 Å². The maximum Gasteiger partial charge on any atom is 0.0435 e. The van der Waals surface area contributed by atoms with Gasteiger partial charge in [0, 0.05) is 20.3 Å². The van der Waals surface area contributed by atoms with E-state index < -0.39 is 0 Å². The Hall–Kier alpha value is 0.140. The molecule has 1 unspecified atom stereocenters. The van der Waals surface area contributed by atoms with Crippen LogP contribution in [0.5, 0.6) is 0 Å². The second-order valence-electron chi connectivity index (χ2n) is 7.10. The first-order valence-corrected chi connectivity index (χ1v) is 9.24. The van der Waals surface area contributed by atoms with Gasteiger partial charge in [-0.25, -0.2) is 0 Å². The summed E-state index contributed by atoms with van der Waals surface area (Å²) in [6, 6.07) is 2.50. The highest BCUT2D eigenvalue weighted by Crippen LogP contribution is 2.59. The third-order valence-electron chi connectivity index (χ3n) is 5.85. The molecule has 4 fully saturated rings. The summed E-state index contributed by atoms with van der Waals surface area (Å²) >= 11 is 5.61. The van der Waals surface area contributed by atoms with E-state index in [1.54, 1.807) is 0 Å². The first kappa shape index (κ1) is 12.8. The first-order chi connectivity index (χ1) is 9.11. The summed E-state index contributed by atoms with van der Waals surface area (Å²) in [7, 11) is 0. The molecule has 0 radical (unpaired) electrons. The fraction of sp³-hybridized carbons (Fsp3) is 0.750. The van der Waals surface area contributed by atoms with Crippen molar-refractivity contribution in [3.8, 4) is 0 Å². The lowest BCUT2D eigenvalue weighted by Crippen LogP contribution is -2.48. The highest BCUT2D eigenvalue weighted by Gasteiger charge is 2.50. The van der Waals surface area contributed by atoms with Crippen LogP contribution in [0, 0.1) is 36.5 Å². The molecule has 0 saturated heterocycles. The lowest BCUT2D eigenvalue weighted by molar-refractivity contribution is -0.0468. The average Bonchev–Trinajstić information content (AvgIpc) is 2.66. The molecule has 0 aliphatic heterocycles. The van der Waals surface area contributed by atoms with E-state index in [1.807, 2.05) is 11.3 Å². The summed E-state index contributed by atoms with van der Waals surface area (Å²) in [6.45, 7) is 2.18. The molecular weight excluding hydrogens is 318 g/mol. The molecule has 0 aromatic carbocycles. The van der Waals surface area contributed by atoms with E-state index in [-0.39, 0.29) is 6.04 Å². The van der Waals surface area contributed by atoms with Gasteiger partial charge in [-0.3, -0.25) is 0 Å². The van der Waals surface area contributed by atoms with E-state index >= 15 is 0 Å². The fourth-order valence-corrected chi connectivity index (χ4v) is 7.43. The molecule has 2 N–H and O–H groups in total. The van der Waals surface area contributed by atoms with Crippen molar-refractivity contribution in [2.24, 2.45) is 35.3 Å². The third kappa shape index (κ3) is 2.04. The molecule has 5 rings (SSSR count). The van der Waals surface area contributed by atoms with Crippen molar-refractivity contribution in [3.63, 3.8) is 0 Å². The molecule has 1 aromatic rings. The molecule has 1 nitrogen and oxygen atoms in total. The Bertz CT molecular complexity index is 467. The van der Waals surface area contributed by atoms with E-state index in [4.69, 9.17) is 5.73 Å². The smallest absolute Gasteiger partial charge is 0.0435 e. The number of rotatable bonds is 2. The zero-order chi connectivity index (χ0) is 13.1. The zero-order valence-corrected chi connectivity index (χ0v) is 13.8. The molecule has 1 heterocycles. The molecule has 104 valence electrons. The maximum absolute atomic E-state index is 6.71. The van der Waals surface area contributed by atoms with Gasteiger partial charge in [-0.1, -0.05) is 0 Å². The summed E-state index contributed by atoms with van der Waals surface area (Å²) in [6.07, 6.45) is 7.39. The third-order valence-corrected chi connectivity index (χ3v) is 7.92. The van der Waals surface area contributed by atoms with Gasteiger partial charge >= 0.3 is 0 Å². The van der Waals surface area contributed by atoms with Crippen molar-refractivity contribution in [2.75, 3.05) is 0 Å². The van der Waals surface area contributed by atoms with Gasteiger partial charge in [0.2, 0.25) is 0 Å². The van der Waals surface area contributed by atoms with Crippen molar-refractivity contribution in [3.05, 3.63) is 20.3 Å². The number of aryl methyl sites for hydroxylation is 1. The van der Waals surface area contributed by atoms with Gasteiger partial charge in [0.05, 0.1) is 0 Å². The van der Waals surface area contributed by atoms with Crippen molar-refractivity contribution in [2.45, 2.75) is 45.1 Å². The normalized spacial score (nSPS) is 41.7. The molecule has 4 aliphatic carbocycles. The zero-order valence-electron chi connectivity index (χ0n) is 11.4. The van der Waals surface area contributed by atoms with Gasteiger partial charge in [0.1, 0.15) is 0 Å². The second-order valence-corrected chi connectivity index (χ2v) is 9.25. The Morgan fingerprint density at radius 1 is 1.16 bits per heavy atom. The van der Waals surface area contributed by atoms with Crippen LogP contribution in [0.15, 0.2) is 10.5 Å². The number of thiophene rings is 1. The van der Waals surface area contributed by atoms with Crippen molar-refractivity contribution in [1.82, 2.24) is 0 Å². The van der Waals surface area contributed by atoms with E-state index in [9.17, 15) is 0 Å². The molecule has 0 amide bonds. The minimum atomic E-state index is 0.267. The topological polar surface area (TPSA) is 26.0 Å². The Balaban J connectivity index is 1.63. The quantitative estimate of drug-likeness (QED) is 0.815. The minimum absolute atomic E-state index is 0.267. The van der Waals surface area contributed by atoms with E-state index in [1.165, 1.54) is 46.3 Å². The first-order valence-electron chi connectivity index (χ1n) is 7.63. The summed E-state index contributed by atoms with van der Waals surface area (Å²) in [4.78, 5) is 2.77. The molecule has 1 atom stereocenters. The van der Waals surface area contributed by atoms with Crippen LogP contribution in [-0.4, -0.2) is 0 Å². The number of halogens is 1. The standard InChI is InChI=1S/C16H22BrNS/c1-8-2-13(17)16(19-8)15(18)14-11-4-9-3-10(6-11)7-12(14)5-9/h2,9-12,14-15H,3-7,18H2,1H3. The molecule has 4 saturated carbocycles. The number of hydrogen-bond acceptors (Lipinski definition) is 2. The molecule has 1 aromatic heterocycles. The van der Waals surface area contributed by atoms with E-state index in [2.05, 4.69) is 28.9 Å². The Morgan fingerprint density at radius 2 is 1.74 bits per heavy atom. The van der Waals surface area contributed by atoms with Crippen LogP contribution in [0.25, 0.3) is 0 Å². The van der Waals surface area contributed by atoms with Crippen LogP contribution < -0.4 is 5.73 Å². The van der Waals surface area contributed by atoms with E-state index in [0.29, 0.717) is 0 Å². The Kier molecular flexibility index (Phi) is 3.09. The van der Waals surface area contributed by atoms with Crippen molar-refractivity contribution >= 4 is 27.3 Å². The Labute approximate surface area is 128 Å². The van der Waals surface area contributed by atoms with Crippen LogP contribution in [0.2, 0.25) is 0 Å². The summed E-state index contributed by atoms with van der Waals surface area (Å²) in [5.41, 5.74) is 6.71. The van der Waals surface area contributed by atoms with Crippen LogP contribution in [0.3, 0.4) is 0 Å². The largest absolute Gasteiger partial charge is 0.323 e. The highest BCUT2D eigenvalue weighted by molar-refractivity contribution is 9.10. The minimum Gasteiger partial charge on any atom is -0.323 e. The van der Waals surface area contributed by atoms with Gasteiger partial charge in [-0.15, -0.1) is 11.3 Å². The predicted octanol–water partition coefficient (Wildman–Crippen LogP) is 4.89. The molecule has 4 aliphatic rings. The molecule has 19 heavy (non-hydrogen) atoms. The predicted molar refractivity (Wildman–Crippen MR) is 84.2 cm³/mol.